The third-order valence-electron chi connectivity index (χ3n) is 3.75. The van der Waals surface area contributed by atoms with Gasteiger partial charge < -0.3 is 16.0 Å². The van der Waals surface area contributed by atoms with Crippen LogP contribution in [0.4, 0.5) is 4.79 Å². The van der Waals surface area contributed by atoms with E-state index in [4.69, 9.17) is 5.73 Å². The number of rotatable bonds is 1. The van der Waals surface area contributed by atoms with E-state index in [0.717, 1.165) is 19.4 Å². The van der Waals surface area contributed by atoms with Crippen molar-refractivity contribution in [1.29, 1.82) is 0 Å². The Morgan fingerprint density at radius 2 is 2.25 bits per heavy atom. The van der Waals surface area contributed by atoms with Gasteiger partial charge in [-0.05, 0) is 46.0 Å². The second kappa shape index (κ2) is 3.62. The first-order valence-corrected chi connectivity index (χ1v) is 6.19. The van der Waals surface area contributed by atoms with E-state index >= 15 is 0 Å². The van der Waals surface area contributed by atoms with Crippen LogP contribution in [-0.4, -0.2) is 35.1 Å². The summed E-state index contributed by atoms with van der Waals surface area (Å²) < 4.78 is 0. The van der Waals surface area contributed by atoms with Crippen molar-refractivity contribution in [1.82, 2.24) is 10.2 Å². The zero-order valence-electron chi connectivity index (χ0n) is 10.5. The van der Waals surface area contributed by atoms with Crippen molar-refractivity contribution in [2.45, 2.75) is 51.1 Å². The molecular weight excluding hydrogens is 202 g/mol. The molecule has 2 amide bonds. The van der Waals surface area contributed by atoms with Gasteiger partial charge in [-0.2, -0.15) is 0 Å². The Labute approximate surface area is 97.6 Å². The van der Waals surface area contributed by atoms with Crippen molar-refractivity contribution in [2.75, 3.05) is 13.1 Å². The maximum absolute atomic E-state index is 12.2. The number of urea groups is 1. The van der Waals surface area contributed by atoms with E-state index in [-0.39, 0.29) is 17.1 Å². The molecule has 4 nitrogen and oxygen atoms in total. The number of amides is 2. The summed E-state index contributed by atoms with van der Waals surface area (Å²) in [6, 6.07) is 0.0557. The number of likely N-dealkylation sites (tertiary alicyclic amines) is 1. The quantitative estimate of drug-likeness (QED) is 0.707. The minimum atomic E-state index is -0.172. The van der Waals surface area contributed by atoms with Crippen LogP contribution in [0, 0.1) is 5.92 Å². The molecule has 2 unspecified atom stereocenters. The average Bonchev–Trinajstić information content (AvgIpc) is 2.88. The third kappa shape index (κ3) is 1.90. The lowest BCUT2D eigenvalue weighted by Gasteiger charge is -2.37. The number of piperidine rings is 1. The standard InChI is InChI=1S/C12H23N3O/c1-11(2,3)14-10(16)15-6-4-5-9-7-12(9,15)8-13/h9H,4-8,13H2,1-3H3,(H,14,16). The largest absolute Gasteiger partial charge is 0.333 e. The minimum Gasteiger partial charge on any atom is -0.333 e. The van der Waals surface area contributed by atoms with Gasteiger partial charge in [0.15, 0.2) is 0 Å². The monoisotopic (exact) mass is 225 g/mol. The SMILES string of the molecule is CC(C)(C)NC(=O)N1CCCC2CC21CN. The van der Waals surface area contributed by atoms with E-state index in [0.29, 0.717) is 12.5 Å². The Morgan fingerprint density at radius 3 is 2.81 bits per heavy atom. The number of nitrogens with zero attached hydrogens (tertiary/aromatic N) is 1. The third-order valence-corrected chi connectivity index (χ3v) is 3.75. The molecule has 0 spiro atoms. The first-order chi connectivity index (χ1) is 7.39. The molecule has 0 aromatic rings. The molecule has 92 valence electrons. The Balaban J connectivity index is 2.05. The van der Waals surface area contributed by atoms with Crippen LogP contribution in [0.1, 0.15) is 40.0 Å². The lowest BCUT2D eigenvalue weighted by Crippen LogP contribution is -2.57. The number of fused-ring (bicyclic) bond motifs is 1. The molecule has 0 bridgehead atoms. The molecule has 0 aromatic carbocycles. The zero-order valence-corrected chi connectivity index (χ0v) is 10.5. The summed E-state index contributed by atoms with van der Waals surface area (Å²) in [5, 5.41) is 3.04. The summed E-state index contributed by atoms with van der Waals surface area (Å²) in [4.78, 5) is 14.2. The van der Waals surface area contributed by atoms with Crippen molar-refractivity contribution in [3.05, 3.63) is 0 Å². The predicted octanol–water partition coefficient (Wildman–Crippen LogP) is 1.31. The summed E-state index contributed by atoms with van der Waals surface area (Å²) in [5.74, 6) is 0.650. The Kier molecular flexibility index (Phi) is 2.65. The topological polar surface area (TPSA) is 58.4 Å². The highest BCUT2D eigenvalue weighted by atomic mass is 16.2. The van der Waals surface area contributed by atoms with Gasteiger partial charge in [-0.1, -0.05) is 0 Å². The number of hydrogen-bond donors (Lipinski definition) is 2. The lowest BCUT2D eigenvalue weighted by atomic mass is 10.0. The molecule has 16 heavy (non-hydrogen) atoms. The molecule has 2 rings (SSSR count). The number of nitrogens with two attached hydrogens (primary N) is 1. The van der Waals surface area contributed by atoms with Gasteiger partial charge in [0.25, 0.3) is 0 Å². The van der Waals surface area contributed by atoms with Gasteiger partial charge >= 0.3 is 6.03 Å². The van der Waals surface area contributed by atoms with Crippen LogP contribution in [0.3, 0.4) is 0 Å². The number of nitrogens with one attached hydrogen (secondary N) is 1. The average molecular weight is 225 g/mol. The smallest absolute Gasteiger partial charge is 0.318 e. The van der Waals surface area contributed by atoms with Crippen molar-refractivity contribution >= 4 is 6.03 Å². The molecule has 2 atom stereocenters. The number of hydrogen-bond acceptors (Lipinski definition) is 2. The predicted molar refractivity (Wildman–Crippen MR) is 64.1 cm³/mol. The van der Waals surface area contributed by atoms with E-state index < -0.39 is 0 Å². The summed E-state index contributed by atoms with van der Waals surface area (Å²) >= 11 is 0. The van der Waals surface area contributed by atoms with Gasteiger partial charge in [0, 0.05) is 18.6 Å². The normalized spacial score (nSPS) is 33.2. The van der Waals surface area contributed by atoms with Crippen LogP contribution in [0.15, 0.2) is 0 Å². The second-order valence-electron chi connectivity index (χ2n) is 6.18. The van der Waals surface area contributed by atoms with Crippen molar-refractivity contribution in [2.24, 2.45) is 11.7 Å². The molecule has 1 saturated carbocycles. The second-order valence-corrected chi connectivity index (χ2v) is 6.18. The molecule has 0 radical (unpaired) electrons. The van der Waals surface area contributed by atoms with Crippen molar-refractivity contribution in [3.63, 3.8) is 0 Å². The van der Waals surface area contributed by atoms with Gasteiger partial charge in [-0.3, -0.25) is 0 Å². The lowest BCUT2D eigenvalue weighted by molar-refractivity contribution is 0.137. The summed E-state index contributed by atoms with van der Waals surface area (Å²) in [7, 11) is 0. The molecule has 2 fully saturated rings. The van der Waals surface area contributed by atoms with Crippen LogP contribution in [0.25, 0.3) is 0 Å². The minimum absolute atomic E-state index is 0.00637. The fraction of sp³-hybridized carbons (Fsp3) is 0.917. The first kappa shape index (κ1) is 11.7. The van der Waals surface area contributed by atoms with E-state index in [1.807, 2.05) is 25.7 Å². The summed E-state index contributed by atoms with van der Waals surface area (Å²) in [5.41, 5.74) is 5.67. The van der Waals surface area contributed by atoms with Crippen LogP contribution in [0.5, 0.6) is 0 Å². The molecule has 1 aliphatic heterocycles. The van der Waals surface area contributed by atoms with Crippen molar-refractivity contribution in [3.8, 4) is 0 Å². The first-order valence-electron chi connectivity index (χ1n) is 6.19. The summed E-state index contributed by atoms with van der Waals surface area (Å²) in [6.07, 6.45) is 3.45. The van der Waals surface area contributed by atoms with E-state index in [1.54, 1.807) is 0 Å². The molecule has 0 aromatic heterocycles. The molecule has 1 heterocycles. The fourth-order valence-corrected chi connectivity index (χ4v) is 2.84. The van der Waals surface area contributed by atoms with Crippen LogP contribution in [-0.2, 0) is 0 Å². The highest BCUT2D eigenvalue weighted by Gasteiger charge is 2.60. The molecule has 1 saturated heterocycles. The van der Waals surface area contributed by atoms with E-state index in [9.17, 15) is 4.79 Å². The molecule has 2 aliphatic rings. The van der Waals surface area contributed by atoms with Crippen LogP contribution < -0.4 is 11.1 Å². The van der Waals surface area contributed by atoms with E-state index in [1.165, 1.54) is 6.42 Å². The Hall–Kier alpha value is -0.770. The Bertz CT molecular complexity index is 297. The highest BCUT2D eigenvalue weighted by molar-refractivity contribution is 5.76. The van der Waals surface area contributed by atoms with Gasteiger partial charge in [0.2, 0.25) is 0 Å². The van der Waals surface area contributed by atoms with Crippen LogP contribution in [0.2, 0.25) is 0 Å². The number of carbonyl (C=O) groups excluding carboxylic acids is 1. The maximum Gasteiger partial charge on any atom is 0.318 e. The summed E-state index contributed by atoms with van der Waals surface area (Å²) in [6.45, 7) is 7.49. The molecule has 4 heteroatoms. The molecule has 3 N–H and O–H groups in total. The molecule has 1 aliphatic carbocycles. The fourth-order valence-electron chi connectivity index (χ4n) is 2.84. The number of carbonyl (C=O) groups is 1. The van der Waals surface area contributed by atoms with E-state index in [2.05, 4.69) is 5.32 Å². The maximum atomic E-state index is 12.2. The molecular formula is C12H23N3O. The van der Waals surface area contributed by atoms with Crippen LogP contribution >= 0.6 is 0 Å². The Morgan fingerprint density at radius 1 is 1.56 bits per heavy atom. The van der Waals surface area contributed by atoms with Gasteiger partial charge in [0.1, 0.15) is 0 Å². The van der Waals surface area contributed by atoms with Gasteiger partial charge in [-0.25, -0.2) is 4.79 Å². The van der Waals surface area contributed by atoms with Gasteiger partial charge in [-0.15, -0.1) is 0 Å². The highest BCUT2D eigenvalue weighted by Crippen LogP contribution is 2.53. The van der Waals surface area contributed by atoms with Crippen molar-refractivity contribution < 1.29 is 4.79 Å². The van der Waals surface area contributed by atoms with Gasteiger partial charge in [0.05, 0.1) is 5.54 Å². The zero-order chi connectivity index (χ0) is 12.0.